The van der Waals surface area contributed by atoms with Crippen molar-refractivity contribution in [2.45, 2.75) is 6.54 Å². The van der Waals surface area contributed by atoms with Crippen LogP contribution in [-0.4, -0.2) is 5.91 Å². The number of hydrogen-bond acceptors (Lipinski definition) is 1. The summed E-state index contributed by atoms with van der Waals surface area (Å²) >= 11 is 6.64. The molecule has 0 spiro atoms. The fraction of sp³-hybridized carbons (Fsp3) is 0.0714. The van der Waals surface area contributed by atoms with Crippen LogP contribution < -0.4 is 5.32 Å². The Balaban J connectivity index is 2.08. The highest BCUT2D eigenvalue weighted by atomic mass is 79.9. The van der Waals surface area contributed by atoms with E-state index in [1.165, 1.54) is 6.07 Å². The molecule has 2 aromatic rings. The van der Waals surface area contributed by atoms with Gasteiger partial charge in [0, 0.05) is 21.1 Å². The maximum Gasteiger partial charge on any atom is 0.252 e. The summed E-state index contributed by atoms with van der Waals surface area (Å²) in [4.78, 5) is 12.0. The van der Waals surface area contributed by atoms with E-state index in [1.54, 1.807) is 36.4 Å². The third-order valence-electron chi connectivity index (χ3n) is 2.57. The van der Waals surface area contributed by atoms with Crippen molar-refractivity contribution < 1.29 is 9.18 Å². The average molecular weight is 387 g/mol. The van der Waals surface area contributed by atoms with Gasteiger partial charge in [0.2, 0.25) is 0 Å². The molecule has 5 heteroatoms. The third-order valence-corrected chi connectivity index (χ3v) is 3.72. The highest BCUT2D eigenvalue weighted by Crippen LogP contribution is 2.22. The molecule has 1 N–H and O–H groups in total. The second kappa shape index (κ2) is 6.30. The van der Waals surface area contributed by atoms with Crippen LogP contribution in [0.2, 0.25) is 0 Å². The molecule has 2 rings (SSSR count). The van der Waals surface area contributed by atoms with Gasteiger partial charge in [-0.15, -0.1) is 0 Å². The Morgan fingerprint density at radius 3 is 2.58 bits per heavy atom. The van der Waals surface area contributed by atoms with Gasteiger partial charge in [-0.25, -0.2) is 4.39 Å². The second-order valence-corrected chi connectivity index (χ2v) is 5.67. The van der Waals surface area contributed by atoms with E-state index in [0.717, 1.165) is 4.47 Å². The Labute approximate surface area is 127 Å². The summed E-state index contributed by atoms with van der Waals surface area (Å²) in [6, 6.07) is 11.6. The van der Waals surface area contributed by atoms with Crippen LogP contribution in [0.15, 0.2) is 51.4 Å². The summed E-state index contributed by atoms with van der Waals surface area (Å²) in [6.07, 6.45) is 0. The minimum atomic E-state index is -0.322. The van der Waals surface area contributed by atoms with Gasteiger partial charge in [0.25, 0.3) is 5.91 Å². The monoisotopic (exact) mass is 385 g/mol. The number of hydrogen-bond donors (Lipinski definition) is 1. The second-order valence-electron chi connectivity index (χ2n) is 3.90. The Morgan fingerprint density at radius 2 is 1.89 bits per heavy atom. The van der Waals surface area contributed by atoms with E-state index in [0.29, 0.717) is 15.6 Å². The molecule has 19 heavy (non-hydrogen) atoms. The summed E-state index contributed by atoms with van der Waals surface area (Å²) in [5.41, 5.74) is 0.976. The maximum atomic E-state index is 13.4. The highest BCUT2D eigenvalue weighted by Gasteiger charge is 2.10. The fourth-order valence-corrected chi connectivity index (χ4v) is 2.81. The Hall–Kier alpha value is -1.20. The fourth-order valence-electron chi connectivity index (χ4n) is 1.59. The van der Waals surface area contributed by atoms with Crippen LogP contribution in [0.3, 0.4) is 0 Å². The third kappa shape index (κ3) is 3.64. The molecule has 0 aliphatic heterocycles. The molecule has 0 radical (unpaired) electrons. The molecule has 2 nitrogen and oxygen atoms in total. The van der Waals surface area contributed by atoms with Crippen molar-refractivity contribution >= 4 is 37.8 Å². The van der Waals surface area contributed by atoms with Gasteiger partial charge in [0.15, 0.2) is 0 Å². The van der Waals surface area contributed by atoms with Crippen LogP contribution in [0.5, 0.6) is 0 Å². The van der Waals surface area contributed by atoms with E-state index in [-0.39, 0.29) is 18.3 Å². The predicted octanol–water partition coefficient (Wildman–Crippen LogP) is 4.28. The molecule has 0 saturated heterocycles. The lowest BCUT2D eigenvalue weighted by Crippen LogP contribution is -2.23. The zero-order chi connectivity index (χ0) is 13.8. The van der Waals surface area contributed by atoms with Crippen LogP contribution in [0.25, 0.3) is 0 Å². The Morgan fingerprint density at radius 1 is 1.16 bits per heavy atom. The minimum absolute atomic E-state index is 0.161. The molecular formula is C14H10Br2FNO. The quantitative estimate of drug-likeness (QED) is 0.837. The van der Waals surface area contributed by atoms with E-state index in [4.69, 9.17) is 0 Å². The summed E-state index contributed by atoms with van der Waals surface area (Å²) in [6.45, 7) is 0.161. The summed E-state index contributed by atoms with van der Waals surface area (Å²) in [7, 11) is 0. The van der Waals surface area contributed by atoms with Gasteiger partial charge in [0.1, 0.15) is 5.82 Å². The SMILES string of the molecule is O=C(NCc1ccccc1F)c1ccc(Br)cc1Br. The molecule has 2 aromatic carbocycles. The van der Waals surface area contributed by atoms with Gasteiger partial charge >= 0.3 is 0 Å². The lowest BCUT2D eigenvalue weighted by atomic mass is 10.2. The van der Waals surface area contributed by atoms with Gasteiger partial charge in [-0.2, -0.15) is 0 Å². The topological polar surface area (TPSA) is 29.1 Å². The van der Waals surface area contributed by atoms with Gasteiger partial charge < -0.3 is 5.32 Å². The van der Waals surface area contributed by atoms with Crippen molar-refractivity contribution in [1.29, 1.82) is 0 Å². The molecule has 1 amide bonds. The van der Waals surface area contributed by atoms with Crippen LogP contribution >= 0.6 is 31.9 Å². The first kappa shape index (κ1) is 14.2. The molecule has 0 heterocycles. The molecule has 0 unspecified atom stereocenters. The molecule has 0 fully saturated rings. The lowest BCUT2D eigenvalue weighted by Gasteiger charge is -2.08. The zero-order valence-corrected chi connectivity index (χ0v) is 13.0. The molecule has 0 aromatic heterocycles. The van der Waals surface area contributed by atoms with Gasteiger partial charge in [-0.3, -0.25) is 4.79 Å². The van der Waals surface area contributed by atoms with E-state index >= 15 is 0 Å². The van der Waals surface area contributed by atoms with Crippen LogP contribution in [-0.2, 0) is 6.54 Å². The normalized spacial score (nSPS) is 10.3. The Bertz CT molecular complexity index is 616. The number of nitrogens with one attached hydrogen (secondary N) is 1. The van der Waals surface area contributed by atoms with Gasteiger partial charge in [0.05, 0.1) is 5.56 Å². The maximum absolute atomic E-state index is 13.4. The van der Waals surface area contributed by atoms with Crippen molar-refractivity contribution in [3.63, 3.8) is 0 Å². The lowest BCUT2D eigenvalue weighted by molar-refractivity contribution is 0.0950. The van der Waals surface area contributed by atoms with Crippen molar-refractivity contribution in [3.05, 3.63) is 68.4 Å². The molecule has 0 saturated carbocycles. The summed E-state index contributed by atoms with van der Waals surface area (Å²) in [5.74, 6) is -0.569. The highest BCUT2D eigenvalue weighted by molar-refractivity contribution is 9.11. The van der Waals surface area contributed by atoms with Gasteiger partial charge in [-0.1, -0.05) is 34.1 Å². The number of benzene rings is 2. The van der Waals surface area contributed by atoms with E-state index in [2.05, 4.69) is 37.2 Å². The van der Waals surface area contributed by atoms with Gasteiger partial charge in [-0.05, 0) is 40.2 Å². The first-order valence-electron chi connectivity index (χ1n) is 5.54. The van der Waals surface area contributed by atoms with Crippen molar-refractivity contribution in [2.24, 2.45) is 0 Å². The Kier molecular flexibility index (Phi) is 4.71. The van der Waals surface area contributed by atoms with E-state index < -0.39 is 0 Å². The van der Waals surface area contributed by atoms with Crippen LogP contribution in [0.4, 0.5) is 4.39 Å². The van der Waals surface area contributed by atoms with Crippen molar-refractivity contribution in [1.82, 2.24) is 5.32 Å². The largest absolute Gasteiger partial charge is 0.348 e. The van der Waals surface area contributed by atoms with Crippen molar-refractivity contribution in [2.75, 3.05) is 0 Å². The average Bonchev–Trinajstić information content (AvgIpc) is 2.37. The molecule has 98 valence electrons. The predicted molar refractivity (Wildman–Crippen MR) is 79.4 cm³/mol. The number of rotatable bonds is 3. The molecule has 0 aliphatic rings. The first-order chi connectivity index (χ1) is 9.08. The molecule has 0 bridgehead atoms. The molecule has 0 atom stereocenters. The minimum Gasteiger partial charge on any atom is -0.348 e. The number of halogens is 3. The van der Waals surface area contributed by atoms with E-state index in [9.17, 15) is 9.18 Å². The smallest absolute Gasteiger partial charge is 0.252 e. The zero-order valence-electron chi connectivity index (χ0n) is 9.79. The number of carbonyl (C=O) groups is 1. The summed E-state index contributed by atoms with van der Waals surface area (Å²) < 4.78 is 15.0. The summed E-state index contributed by atoms with van der Waals surface area (Å²) in [5, 5.41) is 2.69. The standard InChI is InChI=1S/C14H10Br2FNO/c15-10-5-6-11(12(16)7-10)14(19)18-8-9-3-1-2-4-13(9)17/h1-7H,8H2,(H,18,19). The van der Waals surface area contributed by atoms with Crippen LogP contribution in [0.1, 0.15) is 15.9 Å². The molecular weight excluding hydrogens is 377 g/mol. The van der Waals surface area contributed by atoms with Crippen LogP contribution in [0, 0.1) is 5.82 Å². The number of carbonyl (C=O) groups excluding carboxylic acids is 1. The molecule has 0 aliphatic carbocycles. The number of amides is 1. The first-order valence-corrected chi connectivity index (χ1v) is 7.13. The van der Waals surface area contributed by atoms with Crippen molar-refractivity contribution in [3.8, 4) is 0 Å². The van der Waals surface area contributed by atoms with E-state index in [1.807, 2.05) is 0 Å².